The van der Waals surface area contributed by atoms with Crippen LogP contribution in [0.3, 0.4) is 0 Å². The summed E-state index contributed by atoms with van der Waals surface area (Å²) >= 11 is 12.8. The first-order chi connectivity index (χ1) is 19.4. The van der Waals surface area contributed by atoms with Crippen molar-refractivity contribution >= 4 is 50.7 Å². The van der Waals surface area contributed by atoms with Crippen molar-refractivity contribution in [3.8, 4) is 5.75 Å². The summed E-state index contributed by atoms with van der Waals surface area (Å²) in [5, 5.41) is 3.54. The van der Waals surface area contributed by atoms with E-state index in [9.17, 15) is 18.0 Å². The molecule has 0 saturated carbocycles. The minimum Gasteiger partial charge on any atom is -0.489 e. The molecule has 2 amide bonds. The number of halogens is 2. The van der Waals surface area contributed by atoms with Crippen molar-refractivity contribution in [1.82, 2.24) is 10.2 Å². The van der Waals surface area contributed by atoms with Crippen LogP contribution < -0.4 is 14.4 Å². The number of carbonyl (C=O) groups is 2. The molecule has 3 aromatic rings. The van der Waals surface area contributed by atoms with E-state index in [1.165, 1.54) is 4.90 Å². The number of nitrogens with zero attached hydrogens (tertiary/aromatic N) is 2. The van der Waals surface area contributed by atoms with Crippen LogP contribution in [0.15, 0.2) is 72.8 Å². The van der Waals surface area contributed by atoms with Crippen molar-refractivity contribution in [2.24, 2.45) is 0 Å². The topological polar surface area (TPSA) is 96.0 Å². The van der Waals surface area contributed by atoms with Crippen molar-refractivity contribution in [1.29, 1.82) is 0 Å². The highest BCUT2D eigenvalue weighted by atomic mass is 35.5. The summed E-state index contributed by atoms with van der Waals surface area (Å²) in [6.45, 7) is 5.11. The van der Waals surface area contributed by atoms with E-state index in [0.717, 1.165) is 16.1 Å². The second-order valence-electron chi connectivity index (χ2n) is 9.75. The van der Waals surface area contributed by atoms with Crippen LogP contribution in [0.1, 0.15) is 38.3 Å². The number of hydrogen-bond acceptors (Lipinski definition) is 5. The third-order valence-electron chi connectivity index (χ3n) is 6.61. The molecule has 3 rings (SSSR count). The summed E-state index contributed by atoms with van der Waals surface area (Å²) in [4.78, 5) is 28.1. The van der Waals surface area contributed by atoms with E-state index < -0.39 is 28.5 Å². The van der Waals surface area contributed by atoms with Crippen LogP contribution in [0.5, 0.6) is 5.75 Å². The molecule has 0 aliphatic carbocycles. The van der Waals surface area contributed by atoms with Gasteiger partial charge in [0.2, 0.25) is 21.8 Å². The third-order valence-corrected chi connectivity index (χ3v) is 8.46. The van der Waals surface area contributed by atoms with Gasteiger partial charge in [-0.25, -0.2) is 8.42 Å². The van der Waals surface area contributed by atoms with Crippen molar-refractivity contribution < 1.29 is 22.7 Å². The van der Waals surface area contributed by atoms with Gasteiger partial charge in [0.25, 0.3) is 0 Å². The lowest BCUT2D eigenvalue weighted by molar-refractivity contribution is -0.139. The van der Waals surface area contributed by atoms with Gasteiger partial charge < -0.3 is 15.0 Å². The third kappa shape index (κ3) is 9.11. The van der Waals surface area contributed by atoms with Crippen molar-refractivity contribution in [3.05, 3.63) is 94.0 Å². The van der Waals surface area contributed by atoms with Crippen LogP contribution in [0.4, 0.5) is 5.69 Å². The lowest BCUT2D eigenvalue weighted by atomic mass is 10.1. The Morgan fingerprint density at radius 2 is 1.54 bits per heavy atom. The molecule has 11 heteroatoms. The Labute approximate surface area is 252 Å². The zero-order valence-electron chi connectivity index (χ0n) is 23.5. The van der Waals surface area contributed by atoms with Gasteiger partial charge in [0.15, 0.2) is 0 Å². The Morgan fingerprint density at radius 3 is 2.10 bits per heavy atom. The zero-order valence-corrected chi connectivity index (χ0v) is 25.8. The van der Waals surface area contributed by atoms with Gasteiger partial charge in [-0.1, -0.05) is 66.5 Å². The molecule has 0 aliphatic rings. The number of amides is 2. The Bertz CT molecular complexity index is 1420. The highest BCUT2D eigenvalue weighted by molar-refractivity contribution is 7.92. The zero-order chi connectivity index (χ0) is 30.2. The molecule has 3 aromatic carbocycles. The lowest BCUT2D eigenvalue weighted by Crippen LogP contribution is -2.52. The number of benzene rings is 3. The fourth-order valence-electron chi connectivity index (χ4n) is 3.97. The Kier molecular flexibility index (Phi) is 11.5. The minimum absolute atomic E-state index is 0.0870. The molecular formula is C30H35Cl2N3O5S. The lowest BCUT2D eigenvalue weighted by Gasteiger charge is -2.32. The van der Waals surface area contributed by atoms with Crippen molar-refractivity contribution in [3.63, 3.8) is 0 Å². The molecule has 0 bridgehead atoms. The quantitative estimate of drug-likeness (QED) is 0.266. The second-order valence-corrected chi connectivity index (χ2v) is 12.5. The van der Waals surface area contributed by atoms with E-state index in [-0.39, 0.29) is 24.2 Å². The monoisotopic (exact) mass is 619 g/mol. The van der Waals surface area contributed by atoms with E-state index in [4.69, 9.17) is 27.9 Å². The summed E-state index contributed by atoms with van der Waals surface area (Å²) < 4.78 is 32.5. The van der Waals surface area contributed by atoms with Gasteiger partial charge >= 0.3 is 0 Å². The summed E-state index contributed by atoms with van der Waals surface area (Å²) in [6, 6.07) is 20.0. The molecule has 0 aromatic heterocycles. The first-order valence-corrected chi connectivity index (χ1v) is 15.8. The molecule has 8 nitrogen and oxygen atoms in total. The van der Waals surface area contributed by atoms with Gasteiger partial charge in [0, 0.05) is 28.2 Å². The summed E-state index contributed by atoms with van der Waals surface area (Å²) in [5.74, 6) is -0.424. The molecule has 2 atom stereocenters. The van der Waals surface area contributed by atoms with E-state index in [1.54, 1.807) is 49.4 Å². The molecule has 1 N–H and O–H groups in total. The van der Waals surface area contributed by atoms with Crippen LogP contribution in [0.25, 0.3) is 0 Å². The van der Waals surface area contributed by atoms with Crippen LogP contribution >= 0.6 is 23.2 Å². The smallest absolute Gasteiger partial charge is 0.244 e. The highest BCUT2D eigenvalue weighted by Gasteiger charge is 2.31. The Balaban J connectivity index is 1.86. The number of anilines is 1. The molecule has 41 heavy (non-hydrogen) atoms. The molecule has 220 valence electrons. The number of ether oxygens (including phenoxy) is 1. The molecule has 0 fully saturated rings. The van der Waals surface area contributed by atoms with Crippen LogP contribution in [0, 0.1) is 0 Å². The maximum absolute atomic E-state index is 13.8. The van der Waals surface area contributed by atoms with Crippen molar-refractivity contribution in [2.45, 2.75) is 52.4 Å². The number of sulfonamides is 1. The van der Waals surface area contributed by atoms with Gasteiger partial charge in [-0.3, -0.25) is 13.9 Å². The average molecular weight is 621 g/mol. The summed E-state index contributed by atoms with van der Waals surface area (Å²) in [7, 11) is -3.88. The van der Waals surface area contributed by atoms with Crippen LogP contribution in [-0.2, 0) is 32.8 Å². The maximum atomic E-state index is 13.8. The number of hydrogen-bond donors (Lipinski definition) is 1. The summed E-state index contributed by atoms with van der Waals surface area (Å²) in [6.07, 6.45) is 1.73. The van der Waals surface area contributed by atoms with Gasteiger partial charge in [-0.2, -0.15) is 0 Å². The SMILES string of the molecule is CC[C@@H](C)NC(=O)[C@H](C)N(Cc1c(Cl)cccc1Cl)C(=O)CN(c1ccc(OCc2ccccc2)cc1)S(C)(=O)=O. The minimum atomic E-state index is -3.88. The molecule has 0 radical (unpaired) electrons. The molecule has 0 saturated heterocycles. The normalized spacial score (nSPS) is 12.7. The fraction of sp³-hybridized carbons (Fsp3) is 0.333. The van der Waals surface area contributed by atoms with Crippen molar-refractivity contribution in [2.75, 3.05) is 17.1 Å². The predicted molar refractivity (Wildman–Crippen MR) is 164 cm³/mol. The van der Waals surface area contributed by atoms with E-state index >= 15 is 0 Å². The van der Waals surface area contributed by atoms with Gasteiger partial charge in [0.05, 0.1) is 11.9 Å². The Hall–Kier alpha value is -3.27. The fourth-order valence-corrected chi connectivity index (χ4v) is 5.33. The van der Waals surface area contributed by atoms with E-state index in [1.807, 2.05) is 44.2 Å². The first-order valence-electron chi connectivity index (χ1n) is 13.2. The van der Waals surface area contributed by atoms with Gasteiger partial charge in [-0.05, 0) is 62.2 Å². The number of nitrogens with one attached hydrogen (secondary N) is 1. The second kappa shape index (κ2) is 14.6. The molecule has 0 unspecified atom stereocenters. The van der Waals surface area contributed by atoms with Crippen LogP contribution in [-0.4, -0.2) is 50.0 Å². The highest BCUT2D eigenvalue weighted by Crippen LogP contribution is 2.28. The Morgan fingerprint density at radius 1 is 0.927 bits per heavy atom. The largest absolute Gasteiger partial charge is 0.489 e. The molecule has 0 aliphatic heterocycles. The molecule has 0 heterocycles. The molecule has 0 spiro atoms. The first kappa shape index (κ1) is 32.2. The van der Waals surface area contributed by atoms with E-state index in [0.29, 0.717) is 34.4 Å². The van der Waals surface area contributed by atoms with Gasteiger partial charge in [0.1, 0.15) is 24.9 Å². The maximum Gasteiger partial charge on any atom is 0.244 e. The molecular weight excluding hydrogens is 585 g/mol. The van der Waals surface area contributed by atoms with Gasteiger partial charge in [-0.15, -0.1) is 0 Å². The average Bonchev–Trinajstić information content (AvgIpc) is 2.94. The number of carbonyl (C=O) groups excluding carboxylic acids is 2. The standard InChI is InChI=1S/C30H35Cl2N3O5S/c1-5-21(2)33-30(37)22(3)34(18-26-27(31)12-9-13-28(26)32)29(36)19-35(41(4,38)39)24-14-16-25(17-15-24)40-20-23-10-7-6-8-11-23/h6-17,21-22H,5,18-20H2,1-4H3,(H,33,37)/t21-,22+/m1/s1. The van der Waals surface area contributed by atoms with E-state index in [2.05, 4.69) is 5.32 Å². The van der Waals surface area contributed by atoms with Crippen LogP contribution in [0.2, 0.25) is 10.0 Å². The number of rotatable bonds is 13. The summed E-state index contributed by atoms with van der Waals surface area (Å²) in [5.41, 5.74) is 1.73. The predicted octanol–water partition coefficient (Wildman–Crippen LogP) is 5.67.